The van der Waals surface area contributed by atoms with E-state index in [-0.39, 0.29) is 12.8 Å². The maximum Gasteiger partial charge on any atom is 0.453 e. The molecule has 0 spiro atoms. The third-order valence-corrected chi connectivity index (χ3v) is 1.96. The number of carbonyl (C=O) groups excluding carboxylic acids is 3. The zero-order valence-electron chi connectivity index (χ0n) is 11.0. The zero-order chi connectivity index (χ0) is 15.1. The molecule has 0 fully saturated rings. The van der Waals surface area contributed by atoms with Crippen LogP contribution in [0.2, 0.25) is 0 Å². The quantitative estimate of drug-likeness (QED) is 0.471. The Morgan fingerprint density at radius 2 is 1.47 bits per heavy atom. The second-order valence-electron chi connectivity index (χ2n) is 3.55. The SMILES string of the molecule is CCC(=O)OC(OC(C)=O)(OC(=O)CC)C(O)CO. The Hall–Kier alpha value is -1.67. The van der Waals surface area contributed by atoms with Crippen LogP contribution in [0.5, 0.6) is 0 Å². The average Bonchev–Trinajstić information content (AvgIpc) is 2.36. The number of hydrogen-bond acceptors (Lipinski definition) is 8. The Kier molecular flexibility index (Phi) is 7.02. The Labute approximate surface area is 110 Å². The van der Waals surface area contributed by atoms with Crippen LogP contribution in [0.1, 0.15) is 33.6 Å². The van der Waals surface area contributed by atoms with Crippen molar-refractivity contribution in [3.05, 3.63) is 0 Å². The molecule has 0 aliphatic heterocycles. The van der Waals surface area contributed by atoms with Gasteiger partial charge in [0.15, 0.2) is 6.10 Å². The number of aliphatic hydroxyl groups is 2. The smallest absolute Gasteiger partial charge is 0.393 e. The van der Waals surface area contributed by atoms with Crippen LogP contribution in [-0.2, 0) is 28.6 Å². The first-order chi connectivity index (χ1) is 8.81. The number of esters is 3. The van der Waals surface area contributed by atoms with Crippen molar-refractivity contribution in [3.8, 4) is 0 Å². The van der Waals surface area contributed by atoms with E-state index < -0.39 is 36.6 Å². The predicted octanol–water partition coefficient (Wildman–Crippen LogP) is -0.537. The lowest BCUT2D eigenvalue weighted by Crippen LogP contribution is -2.54. The van der Waals surface area contributed by atoms with Gasteiger partial charge in [-0.3, -0.25) is 14.4 Å². The number of carbonyl (C=O) groups is 3. The van der Waals surface area contributed by atoms with Crippen LogP contribution in [0.15, 0.2) is 0 Å². The molecule has 0 aromatic heterocycles. The first-order valence-electron chi connectivity index (χ1n) is 5.73. The van der Waals surface area contributed by atoms with Gasteiger partial charge in [0.25, 0.3) is 0 Å². The van der Waals surface area contributed by atoms with Crippen molar-refractivity contribution in [3.63, 3.8) is 0 Å². The lowest BCUT2D eigenvalue weighted by Gasteiger charge is -2.33. The van der Waals surface area contributed by atoms with Gasteiger partial charge in [0.1, 0.15) is 0 Å². The molecule has 19 heavy (non-hydrogen) atoms. The summed E-state index contributed by atoms with van der Waals surface area (Å²) in [7, 11) is 0. The second kappa shape index (κ2) is 7.70. The topological polar surface area (TPSA) is 119 Å². The molecular weight excluding hydrogens is 260 g/mol. The van der Waals surface area contributed by atoms with Gasteiger partial charge in [-0.1, -0.05) is 13.8 Å². The van der Waals surface area contributed by atoms with Gasteiger partial charge in [0, 0.05) is 19.8 Å². The molecule has 0 bridgehead atoms. The van der Waals surface area contributed by atoms with Crippen LogP contribution >= 0.6 is 0 Å². The first-order valence-corrected chi connectivity index (χ1v) is 5.73. The Bertz CT molecular complexity index is 320. The van der Waals surface area contributed by atoms with Gasteiger partial charge in [-0.15, -0.1) is 0 Å². The number of hydrogen-bond donors (Lipinski definition) is 2. The van der Waals surface area contributed by atoms with E-state index >= 15 is 0 Å². The molecule has 0 aliphatic carbocycles. The van der Waals surface area contributed by atoms with E-state index in [0.29, 0.717) is 0 Å². The Balaban J connectivity index is 5.35. The predicted molar refractivity (Wildman–Crippen MR) is 60.4 cm³/mol. The summed E-state index contributed by atoms with van der Waals surface area (Å²) < 4.78 is 14.0. The van der Waals surface area contributed by atoms with Crippen molar-refractivity contribution in [2.45, 2.75) is 45.7 Å². The van der Waals surface area contributed by atoms with E-state index in [1.165, 1.54) is 13.8 Å². The van der Waals surface area contributed by atoms with Crippen LogP contribution in [0.3, 0.4) is 0 Å². The van der Waals surface area contributed by atoms with Crippen LogP contribution < -0.4 is 0 Å². The summed E-state index contributed by atoms with van der Waals surface area (Å²) >= 11 is 0. The van der Waals surface area contributed by atoms with Crippen molar-refractivity contribution in [1.29, 1.82) is 0 Å². The fraction of sp³-hybridized carbons (Fsp3) is 0.727. The van der Waals surface area contributed by atoms with Crippen molar-refractivity contribution < 1.29 is 38.8 Å². The third-order valence-electron chi connectivity index (χ3n) is 1.96. The molecule has 0 aromatic rings. The molecule has 0 amide bonds. The summed E-state index contributed by atoms with van der Waals surface area (Å²) in [6.07, 6.45) is -2.13. The minimum absolute atomic E-state index is 0.106. The number of ether oxygens (including phenoxy) is 3. The lowest BCUT2D eigenvalue weighted by molar-refractivity contribution is -0.365. The van der Waals surface area contributed by atoms with Crippen molar-refractivity contribution in [2.75, 3.05) is 6.61 Å². The van der Waals surface area contributed by atoms with Crippen LogP contribution in [0.4, 0.5) is 0 Å². The molecule has 8 heteroatoms. The third kappa shape index (κ3) is 5.23. The minimum atomic E-state index is -2.67. The second-order valence-corrected chi connectivity index (χ2v) is 3.55. The molecule has 0 rings (SSSR count). The molecule has 0 saturated heterocycles. The zero-order valence-corrected chi connectivity index (χ0v) is 11.0. The van der Waals surface area contributed by atoms with Crippen LogP contribution in [0, 0.1) is 0 Å². The number of rotatable bonds is 7. The molecule has 0 radical (unpaired) electrons. The van der Waals surface area contributed by atoms with Gasteiger partial charge < -0.3 is 24.4 Å². The molecular formula is C11H18O8. The fourth-order valence-electron chi connectivity index (χ4n) is 1.04. The van der Waals surface area contributed by atoms with Crippen molar-refractivity contribution in [2.24, 2.45) is 0 Å². The monoisotopic (exact) mass is 278 g/mol. The van der Waals surface area contributed by atoms with Crippen LogP contribution in [0.25, 0.3) is 0 Å². The van der Waals surface area contributed by atoms with Crippen LogP contribution in [-0.4, -0.2) is 46.8 Å². The van der Waals surface area contributed by atoms with Gasteiger partial charge >= 0.3 is 23.9 Å². The summed E-state index contributed by atoms with van der Waals surface area (Å²) in [5.74, 6) is -5.38. The largest absolute Gasteiger partial charge is 0.453 e. The maximum absolute atomic E-state index is 11.3. The molecule has 0 aliphatic rings. The maximum atomic E-state index is 11.3. The Morgan fingerprint density at radius 3 is 1.74 bits per heavy atom. The molecule has 2 N–H and O–H groups in total. The van der Waals surface area contributed by atoms with E-state index in [4.69, 9.17) is 5.11 Å². The molecule has 1 atom stereocenters. The fourth-order valence-corrected chi connectivity index (χ4v) is 1.04. The van der Waals surface area contributed by atoms with Gasteiger partial charge in [-0.05, 0) is 0 Å². The normalized spacial score (nSPS) is 12.5. The van der Waals surface area contributed by atoms with Gasteiger partial charge in [0.05, 0.1) is 6.61 Å². The highest BCUT2D eigenvalue weighted by molar-refractivity contribution is 5.73. The van der Waals surface area contributed by atoms with E-state index in [9.17, 15) is 19.5 Å². The highest BCUT2D eigenvalue weighted by Crippen LogP contribution is 2.23. The van der Waals surface area contributed by atoms with Crippen molar-refractivity contribution in [1.82, 2.24) is 0 Å². The van der Waals surface area contributed by atoms with E-state index in [1.54, 1.807) is 0 Å². The van der Waals surface area contributed by atoms with Gasteiger partial charge in [-0.25, -0.2) is 0 Å². The first kappa shape index (κ1) is 17.3. The summed E-state index contributed by atoms with van der Waals surface area (Å²) in [5, 5.41) is 18.6. The highest BCUT2D eigenvalue weighted by atomic mass is 16.9. The molecule has 8 nitrogen and oxygen atoms in total. The average molecular weight is 278 g/mol. The summed E-state index contributed by atoms with van der Waals surface area (Å²) in [6.45, 7) is 2.93. The lowest BCUT2D eigenvalue weighted by atomic mass is 10.3. The highest BCUT2D eigenvalue weighted by Gasteiger charge is 2.50. The molecule has 0 heterocycles. The van der Waals surface area contributed by atoms with Crippen molar-refractivity contribution >= 4 is 17.9 Å². The molecule has 110 valence electrons. The minimum Gasteiger partial charge on any atom is -0.393 e. The van der Waals surface area contributed by atoms with E-state index in [1.807, 2.05) is 0 Å². The van der Waals surface area contributed by atoms with Gasteiger partial charge in [0.2, 0.25) is 0 Å². The van der Waals surface area contributed by atoms with E-state index in [2.05, 4.69) is 14.2 Å². The Morgan fingerprint density at radius 1 is 1.05 bits per heavy atom. The number of aliphatic hydroxyl groups excluding tert-OH is 2. The van der Waals surface area contributed by atoms with Gasteiger partial charge in [-0.2, -0.15) is 0 Å². The molecule has 1 unspecified atom stereocenters. The summed E-state index contributed by atoms with van der Waals surface area (Å²) in [4.78, 5) is 33.6. The standard InChI is InChI=1S/C11H18O8/c1-4-9(15)18-11(8(14)6-12,17-7(3)13)19-10(16)5-2/h8,12,14H,4-6H2,1-3H3. The van der Waals surface area contributed by atoms with E-state index in [0.717, 1.165) is 6.92 Å². The molecule has 0 saturated carbocycles. The molecule has 0 aromatic carbocycles. The summed E-state index contributed by atoms with van der Waals surface area (Å²) in [5.41, 5.74) is 0. The summed E-state index contributed by atoms with van der Waals surface area (Å²) in [6, 6.07) is 0.